The lowest BCUT2D eigenvalue weighted by atomic mass is 10.2. The molecule has 5 nitrogen and oxygen atoms in total. The van der Waals surface area contributed by atoms with E-state index in [9.17, 15) is 4.79 Å². The molecule has 3 N–H and O–H groups in total. The summed E-state index contributed by atoms with van der Waals surface area (Å²) in [4.78, 5) is 17.8. The van der Waals surface area contributed by atoms with Gasteiger partial charge in [0.25, 0.3) is 5.91 Å². The summed E-state index contributed by atoms with van der Waals surface area (Å²) < 4.78 is 0. The highest BCUT2D eigenvalue weighted by Gasteiger charge is 2.20. The van der Waals surface area contributed by atoms with E-state index in [2.05, 4.69) is 4.98 Å². The number of nitrogen functional groups attached to an aromatic ring is 1. The van der Waals surface area contributed by atoms with E-state index in [4.69, 9.17) is 22.4 Å². The average Bonchev–Trinajstić information content (AvgIpc) is 2.46. The number of carbonyl (C=O) groups is 1. The third-order valence-corrected chi connectivity index (χ3v) is 2.97. The van der Waals surface area contributed by atoms with Crippen LogP contribution in [0.4, 0.5) is 11.4 Å². The molecule has 1 amide bonds. The van der Waals surface area contributed by atoms with Crippen LogP contribution in [0, 0.1) is 0 Å². The topological polar surface area (TPSA) is 79.5 Å². The van der Waals surface area contributed by atoms with E-state index in [1.165, 1.54) is 17.2 Å². The minimum atomic E-state index is -0.339. The highest BCUT2D eigenvalue weighted by atomic mass is 35.5. The number of aromatic nitrogens is 1. The second-order valence-electron chi connectivity index (χ2n) is 4.10. The molecule has 20 heavy (non-hydrogen) atoms. The Morgan fingerprint density at radius 2 is 2.05 bits per heavy atom. The van der Waals surface area contributed by atoms with E-state index in [1.54, 1.807) is 30.3 Å². The lowest BCUT2D eigenvalue weighted by Gasteiger charge is -2.23. The van der Waals surface area contributed by atoms with Crippen LogP contribution in [-0.4, -0.2) is 29.1 Å². The van der Waals surface area contributed by atoms with E-state index in [-0.39, 0.29) is 24.8 Å². The predicted octanol–water partition coefficient (Wildman–Crippen LogP) is 1.96. The molecule has 0 atom stereocenters. The molecular weight excluding hydrogens is 278 g/mol. The quantitative estimate of drug-likeness (QED) is 0.844. The molecule has 1 heterocycles. The van der Waals surface area contributed by atoms with Crippen molar-refractivity contribution in [2.24, 2.45) is 0 Å². The third-order valence-electron chi connectivity index (χ3n) is 2.74. The van der Waals surface area contributed by atoms with Crippen LogP contribution in [0.25, 0.3) is 0 Å². The largest absolute Gasteiger partial charge is 0.397 e. The molecule has 2 rings (SSSR count). The van der Waals surface area contributed by atoms with E-state index in [1.807, 2.05) is 0 Å². The van der Waals surface area contributed by atoms with Crippen molar-refractivity contribution in [3.63, 3.8) is 0 Å². The number of nitrogens with two attached hydrogens (primary N) is 1. The van der Waals surface area contributed by atoms with Crippen molar-refractivity contribution in [1.82, 2.24) is 4.98 Å². The molecule has 0 saturated heterocycles. The van der Waals surface area contributed by atoms with Crippen LogP contribution in [0.5, 0.6) is 0 Å². The van der Waals surface area contributed by atoms with Gasteiger partial charge in [-0.25, -0.2) is 4.98 Å². The van der Waals surface area contributed by atoms with Gasteiger partial charge in [-0.05, 0) is 24.3 Å². The minimum absolute atomic E-state index is 0.136. The molecule has 0 radical (unpaired) electrons. The van der Waals surface area contributed by atoms with Crippen LogP contribution in [0.2, 0.25) is 5.02 Å². The van der Waals surface area contributed by atoms with Gasteiger partial charge in [0.1, 0.15) is 5.69 Å². The lowest BCUT2D eigenvalue weighted by Crippen LogP contribution is -2.34. The summed E-state index contributed by atoms with van der Waals surface area (Å²) >= 11 is 5.75. The summed E-state index contributed by atoms with van der Waals surface area (Å²) in [6.07, 6.45) is 1.40. The zero-order valence-corrected chi connectivity index (χ0v) is 11.4. The monoisotopic (exact) mass is 291 g/mol. The Morgan fingerprint density at radius 1 is 1.30 bits per heavy atom. The number of carbonyl (C=O) groups excluding carboxylic acids is 1. The molecular formula is C14H14ClN3O2. The molecule has 1 aromatic carbocycles. The van der Waals surface area contributed by atoms with Gasteiger partial charge in [-0.3, -0.25) is 4.79 Å². The summed E-state index contributed by atoms with van der Waals surface area (Å²) in [5.41, 5.74) is 7.12. The minimum Gasteiger partial charge on any atom is -0.397 e. The summed E-state index contributed by atoms with van der Waals surface area (Å²) in [7, 11) is 0. The summed E-state index contributed by atoms with van der Waals surface area (Å²) in [5.74, 6) is -0.339. The van der Waals surface area contributed by atoms with Crippen molar-refractivity contribution in [2.45, 2.75) is 0 Å². The number of benzene rings is 1. The number of aliphatic hydroxyl groups excluding tert-OH is 1. The van der Waals surface area contributed by atoms with Gasteiger partial charge >= 0.3 is 0 Å². The van der Waals surface area contributed by atoms with Gasteiger partial charge in [-0.15, -0.1) is 0 Å². The molecule has 1 aromatic heterocycles. The molecule has 0 bridgehead atoms. The van der Waals surface area contributed by atoms with Gasteiger partial charge in [0.15, 0.2) is 0 Å². The molecule has 104 valence electrons. The Balaban J connectivity index is 2.36. The first kappa shape index (κ1) is 14.3. The standard InChI is InChI=1S/C14H14ClN3O2/c15-10-5-6-12(17-9-10)14(20)18(7-8-19)13-4-2-1-3-11(13)16/h1-6,9,19H,7-8,16H2. The van der Waals surface area contributed by atoms with Crippen molar-refractivity contribution in [1.29, 1.82) is 0 Å². The molecule has 2 aromatic rings. The number of aliphatic hydroxyl groups is 1. The van der Waals surface area contributed by atoms with Crippen molar-refractivity contribution >= 4 is 28.9 Å². The Hall–Kier alpha value is -2.11. The fourth-order valence-corrected chi connectivity index (χ4v) is 1.92. The van der Waals surface area contributed by atoms with Crippen molar-refractivity contribution in [3.05, 3.63) is 53.3 Å². The van der Waals surface area contributed by atoms with Crippen LogP contribution in [0.15, 0.2) is 42.6 Å². The molecule has 0 aliphatic carbocycles. The van der Waals surface area contributed by atoms with Gasteiger partial charge < -0.3 is 15.7 Å². The average molecular weight is 292 g/mol. The van der Waals surface area contributed by atoms with Crippen molar-refractivity contribution < 1.29 is 9.90 Å². The SMILES string of the molecule is Nc1ccccc1N(CCO)C(=O)c1ccc(Cl)cn1. The van der Waals surface area contributed by atoms with Crippen LogP contribution >= 0.6 is 11.6 Å². The highest BCUT2D eigenvalue weighted by molar-refractivity contribution is 6.30. The summed E-state index contributed by atoms with van der Waals surface area (Å²) in [5, 5.41) is 9.61. The zero-order chi connectivity index (χ0) is 14.5. The predicted molar refractivity (Wildman–Crippen MR) is 78.9 cm³/mol. The fourth-order valence-electron chi connectivity index (χ4n) is 1.81. The highest BCUT2D eigenvalue weighted by Crippen LogP contribution is 2.23. The number of amides is 1. The number of pyridine rings is 1. The van der Waals surface area contributed by atoms with Crippen molar-refractivity contribution in [2.75, 3.05) is 23.8 Å². The van der Waals surface area contributed by atoms with E-state index < -0.39 is 0 Å². The molecule has 0 aliphatic rings. The third kappa shape index (κ3) is 3.07. The number of hydrogen-bond donors (Lipinski definition) is 2. The lowest BCUT2D eigenvalue weighted by molar-refractivity contribution is 0.0976. The summed E-state index contributed by atoms with van der Waals surface area (Å²) in [6.45, 7) is -0.0367. The van der Waals surface area contributed by atoms with E-state index in [0.29, 0.717) is 16.4 Å². The molecule has 0 saturated carbocycles. The first-order valence-electron chi connectivity index (χ1n) is 6.02. The maximum Gasteiger partial charge on any atom is 0.277 e. The Labute approximate surface area is 121 Å². The Bertz CT molecular complexity index is 602. The van der Waals surface area contributed by atoms with Gasteiger partial charge in [0, 0.05) is 12.7 Å². The van der Waals surface area contributed by atoms with E-state index >= 15 is 0 Å². The molecule has 0 aliphatic heterocycles. The number of anilines is 2. The Kier molecular flexibility index (Phi) is 4.55. The second-order valence-corrected chi connectivity index (χ2v) is 4.54. The van der Waals surface area contributed by atoms with Gasteiger partial charge in [0.2, 0.25) is 0 Å². The van der Waals surface area contributed by atoms with Gasteiger partial charge in [0.05, 0.1) is 23.0 Å². The van der Waals surface area contributed by atoms with Gasteiger partial charge in [-0.2, -0.15) is 0 Å². The number of rotatable bonds is 4. The molecule has 0 unspecified atom stereocenters. The molecule has 0 spiro atoms. The Morgan fingerprint density at radius 3 is 2.65 bits per heavy atom. The van der Waals surface area contributed by atoms with Crippen LogP contribution in [0.1, 0.15) is 10.5 Å². The van der Waals surface area contributed by atoms with E-state index in [0.717, 1.165) is 0 Å². The van der Waals surface area contributed by atoms with Crippen LogP contribution in [-0.2, 0) is 0 Å². The first-order valence-corrected chi connectivity index (χ1v) is 6.40. The second kappa shape index (κ2) is 6.36. The van der Waals surface area contributed by atoms with Crippen LogP contribution in [0.3, 0.4) is 0 Å². The number of halogens is 1. The maximum absolute atomic E-state index is 12.5. The number of para-hydroxylation sites is 2. The molecule has 0 fully saturated rings. The normalized spacial score (nSPS) is 10.3. The summed E-state index contributed by atoms with van der Waals surface area (Å²) in [6, 6.07) is 10.1. The fraction of sp³-hybridized carbons (Fsp3) is 0.143. The van der Waals surface area contributed by atoms with Gasteiger partial charge in [-0.1, -0.05) is 23.7 Å². The maximum atomic E-state index is 12.5. The molecule has 6 heteroatoms. The van der Waals surface area contributed by atoms with Crippen molar-refractivity contribution in [3.8, 4) is 0 Å². The number of nitrogens with zero attached hydrogens (tertiary/aromatic N) is 2. The first-order chi connectivity index (χ1) is 9.63. The van der Waals surface area contributed by atoms with Crippen LogP contribution < -0.4 is 10.6 Å². The smallest absolute Gasteiger partial charge is 0.277 e. The zero-order valence-electron chi connectivity index (χ0n) is 10.7. The number of hydrogen-bond acceptors (Lipinski definition) is 4.